The Kier molecular flexibility index (Phi) is 3.72. The lowest BCUT2D eigenvalue weighted by molar-refractivity contribution is 0.596. The number of halogens is 1. The van der Waals surface area contributed by atoms with Crippen LogP contribution in [0.5, 0.6) is 0 Å². The van der Waals surface area contributed by atoms with Gasteiger partial charge in [0.05, 0.1) is 10.6 Å². The molecule has 0 bridgehead atoms. The highest BCUT2D eigenvalue weighted by molar-refractivity contribution is 9.08. The van der Waals surface area contributed by atoms with E-state index in [1.165, 1.54) is 0 Å². The van der Waals surface area contributed by atoms with E-state index in [4.69, 9.17) is 0 Å². The SMILES string of the molecule is CCS(=O)(=O)c1ccc(C)cc1CBr. The highest BCUT2D eigenvalue weighted by Crippen LogP contribution is 2.20. The third-order valence-electron chi connectivity index (χ3n) is 2.08. The van der Waals surface area contributed by atoms with Gasteiger partial charge in [-0.05, 0) is 18.6 Å². The van der Waals surface area contributed by atoms with E-state index in [1.807, 2.05) is 19.1 Å². The zero-order chi connectivity index (χ0) is 10.8. The highest BCUT2D eigenvalue weighted by atomic mass is 79.9. The summed E-state index contributed by atoms with van der Waals surface area (Å²) < 4.78 is 23.3. The number of sulfone groups is 1. The fraction of sp³-hybridized carbons (Fsp3) is 0.400. The summed E-state index contributed by atoms with van der Waals surface area (Å²) in [5, 5.41) is 0.573. The van der Waals surface area contributed by atoms with Crippen molar-refractivity contribution >= 4 is 25.8 Å². The van der Waals surface area contributed by atoms with Crippen molar-refractivity contribution in [2.45, 2.75) is 24.1 Å². The van der Waals surface area contributed by atoms with E-state index in [1.54, 1.807) is 13.0 Å². The summed E-state index contributed by atoms with van der Waals surface area (Å²) in [4.78, 5) is 0.447. The van der Waals surface area contributed by atoms with Crippen LogP contribution < -0.4 is 0 Å². The van der Waals surface area contributed by atoms with Gasteiger partial charge in [0, 0.05) is 5.33 Å². The monoisotopic (exact) mass is 276 g/mol. The van der Waals surface area contributed by atoms with Crippen molar-refractivity contribution in [3.05, 3.63) is 29.3 Å². The quantitative estimate of drug-likeness (QED) is 0.796. The van der Waals surface area contributed by atoms with E-state index in [-0.39, 0.29) is 5.75 Å². The van der Waals surface area contributed by atoms with E-state index in [9.17, 15) is 8.42 Å². The summed E-state index contributed by atoms with van der Waals surface area (Å²) in [7, 11) is -3.09. The van der Waals surface area contributed by atoms with Crippen LogP contribution in [0, 0.1) is 6.92 Å². The first kappa shape index (κ1) is 11.7. The Bertz CT molecular complexity index is 424. The Morgan fingerprint density at radius 1 is 1.36 bits per heavy atom. The van der Waals surface area contributed by atoms with Crippen LogP contribution in [0.3, 0.4) is 0 Å². The summed E-state index contributed by atoms with van der Waals surface area (Å²) in [5.41, 5.74) is 1.92. The average molecular weight is 277 g/mol. The van der Waals surface area contributed by atoms with Crippen LogP contribution in [0.25, 0.3) is 0 Å². The molecule has 14 heavy (non-hydrogen) atoms. The molecule has 1 rings (SSSR count). The molecule has 0 spiro atoms. The number of rotatable bonds is 3. The molecule has 4 heteroatoms. The summed E-state index contributed by atoms with van der Waals surface area (Å²) in [6.45, 7) is 3.61. The van der Waals surface area contributed by atoms with E-state index >= 15 is 0 Å². The predicted molar refractivity (Wildman–Crippen MR) is 61.5 cm³/mol. The first-order valence-electron chi connectivity index (χ1n) is 4.39. The molecule has 0 unspecified atom stereocenters. The molecular formula is C10H13BrO2S. The Morgan fingerprint density at radius 2 is 2.00 bits per heavy atom. The first-order chi connectivity index (χ1) is 6.51. The molecule has 0 aliphatic rings. The molecule has 0 atom stereocenters. The molecule has 78 valence electrons. The van der Waals surface area contributed by atoms with Crippen molar-refractivity contribution in [3.8, 4) is 0 Å². The molecule has 0 saturated heterocycles. The molecule has 0 amide bonds. The second-order valence-electron chi connectivity index (χ2n) is 3.15. The van der Waals surface area contributed by atoms with Crippen molar-refractivity contribution < 1.29 is 8.42 Å². The summed E-state index contributed by atoms with van der Waals surface area (Å²) >= 11 is 3.30. The molecular weight excluding hydrogens is 264 g/mol. The number of alkyl halides is 1. The Balaban J connectivity index is 3.35. The van der Waals surface area contributed by atoms with Gasteiger partial charge in [0.15, 0.2) is 9.84 Å². The Hall–Kier alpha value is -0.350. The minimum Gasteiger partial charge on any atom is -0.224 e. The van der Waals surface area contributed by atoms with Crippen molar-refractivity contribution in [2.75, 3.05) is 5.75 Å². The number of benzene rings is 1. The van der Waals surface area contributed by atoms with Gasteiger partial charge < -0.3 is 0 Å². The van der Waals surface area contributed by atoms with Crippen LogP contribution in [0.4, 0.5) is 0 Å². The van der Waals surface area contributed by atoms with E-state index in [2.05, 4.69) is 15.9 Å². The zero-order valence-electron chi connectivity index (χ0n) is 8.25. The number of aryl methyl sites for hydroxylation is 1. The van der Waals surface area contributed by atoms with Crippen LogP contribution in [-0.4, -0.2) is 14.2 Å². The van der Waals surface area contributed by atoms with Gasteiger partial charge in [-0.15, -0.1) is 0 Å². The van der Waals surface area contributed by atoms with Crippen LogP contribution in [0.2, 0.25) is 0 Å². The molecule has 0 heterocycles. The number of hydrogen-bond acceptors (Lipinski definition) is 2. The molecule has 0 saturated carbocycles. The largest absolute Gasteiger partial charge is 0.224 e. The van der Waals surface area contributed by atoms with Gasteiger partial charge in [-0.1, -0.05) is 40.5 Å². The van der Waals surface area contributed by atoms with E-state index in [0.717, 1.165) is 11.1 Å². The van der Waals surface area contributed by atoms with E-state index < -0.39 is 9.84 Å². The molecule has 1 aromatic rings. The molecule has 0 fully saturated rings. The fourth-order valence-electron chi connectivity index (χ4n) is 1.27. The van der Waals surface area contributed by atoms with Crippen LogP contribution in [0.15, 0.2) is 23.1 Å². The smallest absolute Gasteiger partial charge is 0.178 e. The molecule has 2 nitrogen and oxygen atoms in total. The van der Waals surface area contributed by atoms with Crippen LogP contribution >= 0.6 is 15.9 Å². The normalized spacial score (nSPS) is 11.6. The Morgan fingerprint density at radius 3 is 2.50 bits per heavy atom. The zero-order valence-corrected chi connectivity index (χ0v) is 10.7. The third-order valence-corrected chi connectivity index (χ3v) is 4.51. The molecule has 0 aromatic heterocycles. The third kappa shape index (κ3) is 2.36. The van der Waals surface area contributed by atoms with Gasteiger partial charge in [-0.25, -0.2) is 8.42 Å². The first-order valence-corrected chi connectivity index (χ1v) is 7.17. The lowest BCUT2D eigenvalue weighted by atomic mass is 10.2. The average Bonchev–Trinajstić information content (AvgIpc) is 2.17. The van der Waals surface area contributed by atoms with Crippen LogP contribution in [0.1, 0.15) is 18.1 Å². The van der Waals surface area contributed by atoms with Crippen molar-refractivity contribution in [1.29, 1.82) is 0 Å². The maximum absolute atomic E-state index is 11.7. The fourth-order valence-corrected chi connectivity index (χ4v) is 3.04. The standard InChI is InChI=1S/C10H13BrO2S/c1-3-14(12,13)10-5-4-8(2)6-9(10)7-11/h4-6H,3,7H2,1-2H3. The molecule has 0 aliphatic heterocycles. The van der Waals surface area contributed by atoms with Crippen molar-refractivity contribution in [1.82, 2.24) is 0 Å². The van der Waals surface area contributed by atoms with Gasteiger partial charge in [0.25, 0.3) is 0 Å². The molecule has 0 radical (unpaired) electrons. The highest BCUT2D eigenvalue weighted by Gasteiger charge is 2.15. The Labute approximate surface area is 93.4 Å². The minimum atomic E-state index is -3.09. The lowest BCUT2D eigenvalue weighted by Gasteiger charge is -2.07. The topological polar surface area (TPSA) is 34.1 Å². The lowest BCUT2D eigenvalue weighted by Crippen LogP contribution is -2.06. The predicted octanol–water partition coefficient (Wildman–Crippen LogP) is 2.68. The maximum atomic E-state index is 11.7. The van der Waals surface area contributed by atoms with Crippen LogP contribution in [-0.2, 0) is 15.2 Å². The van der Waals surface area contributed by atoms with Gasteiger partial charge in [-0.2, -0.15) is 0 Å². The number of hydrogen-bond donors (Lipinski definition) is 0. The molecule has 0 N–H and O–H groups in total. The van der Waals surface area contributed by atoms with Gasteiger partial charge in [0.1, 0.15) is 0 Å². The summed E-state index contributed by atoms with van der Waals surface area (Å²) in [6, 6.07) is 5.41. The summed E-state index contributed by atoms with van der Waals surface area (Å²) in [6.07, 6.45) is 0. The van der Waals surface area contributed by atoms with Crippen molar-refractivity contribution in [3.63, 3.8) is 0 Å². The second kappa shape index (κ2) is 4.45. The summed E-state index contributed by atoms with van der Waals surface area (Å²) in [5.74, 6) is 0.149. The van der Waals surface area contributed by atoms with Gasteiger partial charge in [0.2, 0.25) is 0 Å². The second-order valence-corrected chi connectivity index (χ2v) is 5.96. The van der Waals surface area contributed by atoms with Gasteiger partial charge in [-0.3, -0.25) is 0 Å². The molecule has 1 aromatic carbocycles. The van der Waals surface area contributed by atoms with Gasteiger partial charge >= 0.3 is 0 Å². The maximum Gasteiger partial charge on any atom is 0.178 e. The minimum absolute atomic E-state index is 0.149. The van der Waals surface area contributed by atoms with E-state index in [0.29, 0.717) is 10.2 Å². The van der Waals surface area contributed by atoms with Crippen molar-refractivity contribution in [2.24, 2.45) is 0 Å². The molecule has 0 aliphatic carbocycles.